The summed E-state index contributed by atoms with van der Waals surface area (Å²) in [7, 11) is -0.175. The molecule has 2 aromatic carbocycles. The highest BCUT2D eigenvalue weighted by Gasteiger charge is 2.29. The van der Waals surface area contributed by atoms with Crippen LogP contribution >= 0.6 is 0 Å². The van der Waals surface area contributed by atoms with E-state index < -0.39 is 10.0 Å². The van der Waals surface area contributed by atoms with Gasteiger partial charge in [0.15, 0.2) is 5.75 Å². The molecule has 0 radical (unpaired) electrons. The number of sulfonamides is 1. The van der Waals surface area contributed by atoms with Gasteiger partial charge in [-0.05, 0) is 60.6 Å². The number of ether oxygens (including phenoxy) is 1. The summed E-state index contributed by atoms with van der Waals surface area (Å²) >= 11 is 0. The molecule has 1 amide bonds. The van der Waals surface area contributed by atoms with Gasteiger partial charge in [0.2, 0.25) is 10.0 Å². The van der Waals surface area contributed by atoms with Gasteiger partial charge in [-0.1, -0.05) is 32.1 Å². The maximum absolute atomic E-state index is 13.5. The lowest BCUT2D eigenvalue weighted by atomic mass is 9.86. The van der Waals surface area contributed by atoms with Crippen LogP contribution in [0.4, 0.5) is 11.4 Å². The number of hydrogen-bond acceptors (Lipinski definition) is 7. The third-order valence-corrected chi connectivity index (χ3v) is 7.62. The van der Waals surface area contributed by atoms with E-state index in [0.29, 0.717) is 28.6 Å². The smallest absolute Gasteiger partial charge is 0.255 e. The van der Waals surface area contributed by atoms with Gasteiger partial charge in [0.25, 0.3) is 5.91 Å². The zero-order valence-electron chi connectivity index (χ0n) is 24.3. The molecule has 2 heterocycles. The maximum Gasteiger partial charge on any atom is 0.255 e. The minimum atomic E-state index is -3.60. The molecule has 1 aliphatic carbocycles. The number of rotatable bonds is 8. The number of amides is 1. The molecule has 41 heavy (non-hydrogen) atoms. The van der Waals surface area contributed by atoms with Crippen LogP contribution in [0.25, 0.3) is 17.1 Å². The van der Waals surface area contributed by atoms with Crippen LogP contribution in [0.15, 0.2) is 42.7 Å². The standard InChI is InChI=1S/C29H35N7O4S/c1-17-8-9-19(12-25(17)36-16-24(32-34-36)23-15-35(5)27(30-23)18-10-11-18)28(37)31-21-13-20(29(2,3)4)14-22(26(21)40-6)33-41(7,38)39/h8-9,12-16,18,33H,10-11H2,1-7H3,(H,31,37). The summed E-state index contributed by atoms with van der Waals surface area (Å²) in [6.45, 7) is 7.94. The van der Waals surface area contributed by atoms with Crippen LogP contribution in [0.5, 0.6) is 5.75 Å². The summed E-state index contributed by atoms with van der Waals surface area (Å²) in [6.07, 6.45) is 7.16. The summed E-state index contributed by atoms with van der Waals surface area (Å²) in [5.74, 6) is 1.40. The first-order valence-electron chi connectivity index (χ1n) is 13.3. The molecule has 0 atom stereocenters. The highest BCUT2D eigenvalue weighted by molar-refractivity contribution is 7.92. The van der Waals surface area contributed by atoms with Crippen LogP contribution in [-0.2, 0) is 22.5 Å². The van der Waals surface area contributed by atoms with E-state index in [1.807, 2.05) is 57.8 Å². The predicted molar refractivity (Wildman–Crippen MR) is 158 cm³/mol. The highest BCUT2D eigenvalue weighted by Crippen LogP contribution is 2.40. The van der Waals surface area contributed by atoms with Crippen LogP contribution in [0, 0.1) is 6.92 Å². The molecule has 1 aliphatic rings. The van der Waals surface area contributed by atoms with Crippen LogP contribution in [-0.4, -0.2) is 52.2 Å². The summed E-state index contributed by atoms with van der Waals surface area (Å²) < 4.78 is 35.8. The molecule has 5 rings (SSSR count). The number of carbonyl (C=O) groups excluding carboxylic acids is 1. The Morgan fingerprint density at radius 3 is 2.41 bits per heavy atom. The van der Waals surface area contributed by atoms with E-state index in [2.05, 4.69) is 20.4 Å². The molecule has 1 fully saturated rings. The molecular weight excluding hydrogens is 542 g/mol. The molecule has 0 aliphatic heterocycles. The molecule has 2 N–H and O–H groups in total. The number of hydrogen-bond donors (Lipinski definition) is 2. The van der Waals surface area contributed by atoms with Crippen LogP contribution in [0.1, 0.15) is 66.8 Å². The van der Waals surface area contributed by atoms with Crippen molar-refractivity contribution in [2.45, 2.75) is 51.9 Å². The Morgan fingerprint density at radius 2 is 1.78 bits per heavy atom. The molecular formula is C29H35N7O4S. The molecule has 0 unspecified atom stereocenters. The number of carbonyl (C=O) groups is 1. The van der Waals surface area contributed by atoms with Gasteiger partial charge in [-0.3, -0.25) is 9.52 Å². The van der Waals surface area contributed by atoms with Crippen molar-refractivity contribution in [3.05, 3.63) is 65.2 Å². The Bertz CT molecular complexity index is 1740. The summed E-state index contributed by atoms with van der Waals surface area (Å²) in [6, 6.07) is 8.83. The van der Waals surface area contributed by atoms with Gasteiger partial charge in [-0.2, -0.15) is 0 Å². The van der Waals surface area contributed by atoms with Gasteiger partial charge in [-0.15, -0.1) is 5.10 Å². The number of methoxy groups -OCH3 is 1. The van der Waals surface area contributed by atoms with E-state index >= 15 is 0 Å². The quantitative estimate of drug-likeness (QED) is 0.308. The van der Waals surface area contributed by atoms with Gasteiger partial charge in [0.05, 0.1) is 36.6 Å². The first-order chi connectivity index (χ1) is 19.2. The number of imidazole rings is 1. The third-order valence-electron chi connectivity index (χ3n) is 7.03. The van der Waals surface area contributed by atoms with E-state index in [4.69, 9.17) is 9.72 Å². The Morgan fingerprint density at radius 1 is 1.07 bits per heavy atom. The van der Waals surface area contributed by atoms with E-state index in [9.17, 15) is 13.2 Å². The lowest BCUT2D eigenvalue weighted by molar-refractivity contribution is 0.102. The molecule has 0 spiro atoms. The van der Waals surface area contributed by atoms with Crippen molar-refractivity contribution in [3.8, 4) is 22.8 Å². The molecule has 11 nitrogen and oxygen atoms in total. The Labute approximate surface area is 240 Å². The van der Waals surface area contributed by atoms with Crippen molar-refractivity contribution in [3.63, 3.8) is 0 Å². The number of anilines is 2. The summed E-state index contributed by atoms with van der Waals surface area (Å²) in [5, 5.41) is 11.6. The largest absolute Gasteiger partial charge is 0.492 e. The molecule has 0 bridgehead atoms. The first-order valence-corrected chi connectivity index (χ1v) is 15.2. The van der Waals surface area contributed by atoms with E-state index in [1.165, 1.54) is 7.11 Å². The second-order valence-corrected chi connectivity index (χ2v) is 13.4. The second-order valence-electron chi connectivity index (χ2n) is 11.6. The van der Waals surface area contributed by atoms with E-state index in [1.54, 1.807) is 28.9 Å². The minimum Gasteiger partial charge on any atom is -0.492 e. The molecule has 2 aromatic heterocycles. The normalized spacial score (nSPS) is 13.7. The second kappa shape index (κ2) is 10.3. The average Bonchev–Trinajstić information content (AvgIpc) is 3.46. The Hall–Kier alpha value is -4.19. The molecule has 0 saturated heterocycles. The van der Waals surface area contributed by atoms with Crippen molar-refractivity contribution in [1.82, 2.24) is 24.5 Å². The van der Waals surface area contributed by atoms with Gasteiger partial charge in [0.1, 0.15) is 17.2 Å². The number of aryl methyl sites for hydroxylation is 2. The van der Waals surface area contributed by atoms with Crippen molar-refractivity contribution >= 4 is 27.3 Å². The third kappa shape index (κ3) is 6.12. The highest BCUT2D eigenvalue weighted by atomic mass is 32.2. The van der Waals surface area contributed by atoms with Crippen LogP contribution in [0.2, 0.25) is 0 Å². The lowest BCUT2D eigenvalue weighted by Crippen LogP contribution is -2.18. The number of nitrogens with zero attached hydrogens (tertiary/aromatic N) is 5. The molecule has 12 heteroatoms. The predicted octanol–water partition coefficient (Wildman–Crippen LogP) is 4.78. The first kappa shape index (κ1) is 28.3. The van der Waals surface area contributed by atoms with Crippen molar-refractivity contribution in [2.75, 3.05) is 23.4 Å². The van der Waals surface area contributed by atoms with Crippen LogP contribution < -0.4 is 14.8 Å². The topological polar surface area (TPSA) is 133 Å². The summed E-state index contributed by atoms with van der Waals surface area (Å²) in [5.41, 5.74) is 4.49. The SMILES string of the molecule is COc1c(NC(=O)c2ccc(C)c(-n3cc(-c4cn(C)c(C5CC5)n4)nn3)c2)cc(C(C)(C)C)cc1NS(C)(=O)=O. The maximum atomic E-state index is 13.5. The number of nitrogens with one attached hydrogen (secondary N) is 2. The van der Waals surface area contributed by atoms with Gasteiger partial charge < -0.3 is 14.6 Å². The van der Waals surface area contributed by atoms with Crippen molar-refractivity contribution in [2.24, 2.45) is 7.05 Å². The van der Waals surface area contributed by atoms with Crippen LogP contribution in [0.3, 0.4) is 0 Å². The number of aromatic nitrogens is 5. The fourth-order valence-corrected chi connectivity index (χ4v) is 5.22. The Balaban J connectivity index is 1.46. The van der Waals surface area contributed by atoms with Gasteiger partial charge in [0, 0.05) is 24.7 Å². The summed E-state index contributed by atoms with van der Waals surface area (Å²) in [4.78, 5) is 18.3. The average molecular weight is 578 g/mol. The fourth-order valence-electron chi connectivity index (χ4n) is 4.67. The minimum absolute atomic E-state index is 0.214. The van der Waals surface area contributed by atoms with Crippen molar-refractivity contribution < 1.29 is 17.9 Å². The van der Waals surface area contributed by atoms with Crippen molar-refractivity contribution in [1.29, 1.82) is 0 Å². The zero-order chi connectivity index (χ0) is 29.7. The Kier molecular flexibility index (Phi) is 7.14. The molecule has 4 aromatic rings. The molecule has 1 saturated carbocycles. The van der Waals surface area contributed by atoms with Gasteiger partial charge >= 0.3 is 0 Å². The fraction of sp³-hybridized carbons (Fsp3) is 0.379. The number of benzene rings is 2. The van der Waals surface area contributed by atoms with E-state index in [0.717, 1.165) is 41.7 Å². The molecule has 216 valence electrons. The zero-order valence-corrected chi connectivity index (χ0v) is 25.1. The lowest BCUT2D eigenvalue weighted by Gasteiger charge is -2.24. The van der Waals surface area contributed by atoms with E-state index in [-0.39, 0.29) is 22.8 Å². The monoisotopic (exact) mass is 577 g/mol. The van der Waals surface area contributed by atoms with Gasteiger partial charge in [-0.25, -0.2) is 18.1 Å².